The van der Waals surface area contributed by atoms with Crippen LogP contribution in [0.2, 0.25) is 0 Å². The van der Waals surface area contributed by atoms with Crippen LogP contribution in [0.5, 0.6) is 0 Å². The van der Waals surface area contributed by atoms with Gasteiger partial charge in [0.05, 0.1) is 11.6 Å². The van der Waals surface area contributed by atoms with Crippen LogP contribution in [0, 0.1) is 11.6 Å². The van der Waals surface area contributed by atoms with E-state index in [9.17, 15) is 8.78 Å². The van der Waals surface area contributed by atoms with Gasteiger partial charge in [-0.3, -0.25) is 4.98 Å². The molecule has 0 saturated carbocycles. The van der Waals surface area contributed by atoms with Crippen molar-refractivity contribution < 1.29 is 8.78 Å². The molecule has 2 nitrogen and oxygen atoms in total. The van der Waals surface area contributed by atoms with Gasteiger partial charge in [0.1, 0.15) is 11.6 Å². The molecule has 0 spiro atoms. The molecular formula is C17H14F2N2. The van der Waals surface area contributed by atoms with Crippen LogP contribution in [-0.2, 0) is 0 Å². The summed E-state index contributed by atoms with van der Waals surface area (Å²) in [5, 5.41) is 4.06. The third-order valence-electron chi connectivity index (χ3n) is 3.52. The monoisotopic (exact) mass is 284 g/mol. The van der Waals surface area contributed by atoms with Crippen molar-refractivity contribution in [3.8, 4) is 0 Å². The minimum Gasteiger partial charge on any atom is -0.309 e. The average molecular weight is 284 g/mol. The second-order valence-corrected chi connectivity index (χ2v) is 4.84. The van der Waals surface area contributed by atoms with Crippen LogP contribution in [0.3, 0.4) is 0 Å². The Hall–Kier alpha value is -2.33. The fourth-order valence-electron chi connectivity index (χ4n) is 2.51. The zero-order valence-electron chi connectivity index (χ0n) is 11.5. The van der Waals surface area contributed by atoms with Gasteiger partial charge < -0.3 is 5.32 Å². The lowest BCUT2D eigenvalue weighted by Gasteiger charge is -2.18. The Labute approximate surface area is 121 Å². The Morgan fingerprint density at radius 3 is 2.67 bits per heavy atom. The van der Waals surface area contributed by atoms with E-state index in [0.29, 0.717) is 5.56 Å². The molecule has 1 atom stereocenters. The Kier molecular flexibility index (Phi) is 3.62. The van der Waals surface area contributed by atoms with Gasteiger partial charge in [-0.15, -0.1) is 0 Å². The number of halogens is 2. The summed E-state index contributed by atoms with van der Waals surface area (Å²) in [6.45, 7) is 0. The molecule has 3 aromatic rings. The van der Waals surface area contributed by atoms with E-state index in [1.165, 1.54) is 12.1 Å². The predicted molar refractivity (Wildman–Crippen MR) is 79.0 cm³/mol. The van der Waals surface area contributed by atoms with Gasteiger partial charge in [-0.05, 0) is 36.9 Å². The molecule has 1 aromatic heterocycles. The van der Waals surface area contributed by atoms with Gasteiger partial charge in [0.2, 0.25) is 0 Å². The van der Waals surface area contributed by atoms with E-state index in [1.807, 2.05) is 30.3 Å². The zero-order chi connectivity index (χ0) is 14.8. The normalized spacial score (nSPS) is 12.5. The second-order valence-electron chi connectivity index (χ2n) is 4.84. The predicted octanol–water partition coefficient (Wildman–Crippen LogP) is 3.82. The van der Waals surface area contributed by atoms with Crippen LogP contribution in [0.25, 0.3) is 10.9 Å². The Morgan fingerprint density at radius 1 is 1.05 bits per heavy atom. The molecule has 0 amide bonds. The molecule has 1 unspecified atom stereocenters. The average Bonchev–Trinajstić information content (AvgIpc) is 2.50. The van der Waals surface area contributed by atoms with Crippen LogP contribution in [0.1, 0.15) is 17.2 Å². The number of aromatic nitrogens is 1. The van der Waals surface area contributed by atoms with E-state index in [1.54, 1.807) is 13.2 Å². The Morgan fingerprint density at radius 2 is 1.90 bits per heavy atom. The third kappa shape index (κ3) is 2.62. The third-order valence-corrected chi connectivity index (χ3v) is 3.52. The zero-order valence-corrected chi connectivity index (χ0v) is 11.5. The molecule has 4 heteroatoms. The number of pyridine rings is 1. The lowest BCUT2D eigenvalue weighted by atomic mass is 9.97. The van der Waals surface area contributed by atoms with Crippen molar-refractivity contribution in [2.24, 2.45) is 0 Å². The summed E-state index contributed by atoms with van der Waals surface area (Å²) in [4.78, 5) is 4.27. The largest absolute Gasteiger partial charge is 0.309 e. The molecule has 21 heavy (non-hydrogen) atoms. The van der Waals surface area contributed by atoms with Crippen molar-refractivity contribution in [3.05, 3.63) is 77.5 Å². The van der Waals surface area contributed by atoms with Gasteiger partial charge in [0.25, 0.3) is 0 Å². The van der Waals surface area contributed by atoms with Crippen molar-refractivity contribution in [3.63, 3.8) is 0 Å². The summed E-state index contributed by atoms with van der Waals surface area (Å²) >= 11 is 0. The fourth-order valence-corrected chi connectivity index (χ4v) is 2.51. The van der Waals surface area contributed by atoms with Crippen LogP contribution in [0.4, 0.5) is 8.78 Å². The quantitative estimate of drug-likeness (QED) is 0.791. The van der Waals surface area contributed by atoms with E-state index in [-0.39, 0.29) is 6.04 Å². The summed E-state index contributed by atoms with van der Waals surface area (Å²) < 4.78 is 27.1. The minimum atomic E-state index is -0.575. The maximum Gasteiger partial charge on any atom is 0.131 e. The molecule has 0 aliphatic carbocycles. The maximum absolute atomic E-state index is 14.0. The maximum atomic E-state index is 14.0. The van der Waals surface area contributed by atoms with E-state index in [0.717, 1.165) is 22.5 Å². The van der Waals surface area contributed by atoms with E-state index < -0.39 is 11.6 Å². The number of rotatable bonds is 3. The van der Waals surface area contributed by atoms with Crippen LogP contribution < -0.4 is 5.32 Å². The summed E-state index contributed by atoms with van der Waals surface area (Å²) in [6, 6.07) is 12.9. The van der Waals surface area contributed by atoms with Crippen LogP contribution >= 0.6 is 0 Å². The molecule has 1 heterocycles. The summed E-state index contributed by atoms with van der Waals surface area (Å²) in [6.07, 6.45) is 1.73. The number of benzene rings is 2. The molecule has 0 saturated heterocycles. The molecule has 0 aliphatic heterocycles. The van der Waals surface area contributed by atoms with Crippen molar-refractivity contribution in [1.82, 2.24) is 10.3 Å². The highest BCUT2D eigenvalue weighted by Gasteiger charge is 2.17. The Bertz CT molecular complexity index is 787. The van der Waals surface area contributed by atoms with Gasteiger partial charge in [-0.2, -0.15) is 0 Å². The number of fused-ring (bicyclic) bond motifs is 1. The topological polar surface area (TPSA) is 24.9 Å². The summed E-state index contributed by atoms with van der Waals surface area (Å²) in [7, 11) is 1.75. The van der Waals surface area contributed by atoms with Gasteiger partial charge in [0, 0.05) is 23.2 Å². The lowest BCUT2D eigenvalue weighted by Crippen LogP contribution is -2.19. The summed E-state index contributed by atoms with van der Waals surface area (Å²) in [5.74, 6) is -1.13. The van der Waals surface area contributed by atoms with Gasteiger partial charge in [-0.25, -0.2) is 8.78 Å². The van der Waals surface area contributed by atoms with E-state index in [2.05, 4.69) is 10.3 Å². The number of hydrogen-bond donors (Lipinski definition) is 1. The molecule has 0 bridgehead atoms. The number of nitrogens with zero attached hydrogens (tertiary/aromatic N) is 1. The van der Waals surface area contributed by atoms with Crippen molar-refractivity contribution in [1.29, 1.82) is 0 Å². The highest BCUT2D eigenvalue weighted by atomic mass is 19.1. The highest BCUT2D eigenvalue weighted by Crippen LogP contribution is 2.26. The first-order chi connectivity index (χ1) is 10.2. The highest BCUT2D eigenvalue weighted by molar-refractivity contribution is 5.79. The van der Waals surface area contributed by atoms with E-state index >= 15 is 0 Å². The van der Waals surface area contributed by atoms with Crippen molar-refractivity contribution in [2.75, 3.05) is 7.05 Å². The van der Waals surface area contributed by atoms with Gasteiger partial charge in [-0.1, -0.05) is 18.2 Å². The molecule has 0 radical (unpaired) electrons. The minimum absolute atomic E-state index is 0.338. The van der Waals surface area contributed by atoms with E-state index in [4.69, 9.17) is 0 Å². The smallest absolute Gasteiger partial charge is 0.131 e. The van der Waals surface area contributed by atoms with Gasteiger partial charge >= 0.3 is 0 Å². The molecule has 1 N–H and O–H groups in total. The molecule has 2 aromatic carbocycles. The fraction of sp³-hybridized carbons (Fsp3) is 0.118. The molecule has 0 aliphatic rings. The standard InChI is InChI=1S/C17H14F2N2/c1-20-17(14-6-5-13(18)10-15(14)19)12-4-7-16-11(9-12)3-2-8-21-16/h2-10,17,20H,1H3. The Balaban J connectivity index is 2.09. The molecular weight excluding hydrogens is 270 g/mol. The second kappa shape index (κ2) is 5.58. The summed E-state index contributed by atoms with van der Waals surface area (Å²) in [5.41, 5.74) is 2.21. The first-order valence-corrected chi connectivity index (χ1v) is 6.66. The van der Waals surface area contributed by atoms with Crippen molar-refractivity contribution in [2.45, 2.75) is 6.04 Å². The van der Waals surface area contributed by atoms with Crippen LogP contribution in [0.15, 0.2) is 54.7 Å². The van der Waals surface area contributed by atoms with Crippen LogP contribution in [-0.4, -0.2) is 12.0 Å². The van der Waals surface area contributed by atoms with Crippen molar-refractivity contribution >= 4 is 10.9 Å². The molecule has 3 rings (SSSR count). The number of hydrogen-bond acceptors (Lipinski definition) is 2. The van der Waals surface area contributed by atoms with Gasteiger partial charge in [0.15, 0.2) is 0 Å². The molecule has 0 fully saturated rings. The first kappa shape index (κ1) is 13.6. The lowest BCUT2D eigenvalue weighted by molar-refractivity contribution is 0.552. The SMILES string of the molecule is CNC(c1ccc2ncccc2c1)c1ccc(F)cc1F. The molecule has 106 valence electrons. The number of nitrogens with one attached hydrogen (secondary N) is 1. The first-order valence-electron chi connectivity index (χ1n) is 6.66.